The van der Waals surface area contributed by atoms with Crippen LogP contribution >= 0.6 is 11.8 Å². The fraction of sp³-hybridized carbons (Fsp3) is 0.929. The van der Waals surface area contributed by atoms with E-state index in [-0.39, 0.29) is 5.25 Å². The SMILES string of the molecule is O=C(C1CCCCS1)N1CCCC1C1CCCN1. The number of thioether (sulfide) groups is 1. The number of amides is 1. The van der Waals surface area contributed by atoms with Crippen LogP contribution in [0.5, 0.6) is 0 Å². The minimum Gasteiger partial charge on any atom is -0.337 e. The molecule has 3 atom stereocenters. The van der Waals surface area contributed by atoms with Crippen molar-refractivity contribution in [1.29, 1.82) is 0 Å². The van der Waals surface area contributed by atoms with Crippen LogP contribution in [0.25, 0.3) is 0 Å². The van der Waals surface area contributed by atoms with Gasteiger partial charge in [0.15, 0.2) is 0 Å². The number of hydrogen-bond donors (Lipinski definition) is 1. The van der Waals surface area contributed by atoms with E-state index < -0.39 is 0 Å². The maximum atomic E-state index is 12.6. The van der Waals surface area contributed by atoms with E-state index in [1.165, 1.54) is 44.3 Å². The number of rotatable bonds is 2. The van der Waals surface area contributed by atoms with E-state index >= 15 is 0 Å². The molecule has 18 heavy (non-hydrogen) atoms. The van der Waals surface area contributed by atoms with Crippen molar-refractivity contribution in [1.82, 2.24) is 10.2 Å². The molecule has 0 spiro atoms. The second-order valence-corrected chi connectivity index (χ2v) is 7.11. The van der Waals surface area contributed by atoms with Crippen molar-refractivity contribution in [2.45, 2.75) is 62.3 Å². The Hall–Kier alpha value is -0.220. The lowest BCUT2D eigenvalue weighted by atomic mass is 10.0. The van der Waals surface area contributed by atoms with Crippen LogP contribution in [0.1, 0.15) is 44.9 Å². The summed E-state index contributed by atoms with van der Waals surface area (Å²) in [6, 6.07) is 1.06. The molecule has 0 saturated carbocycles. The molecule has 102 valence electrons. The molecule has 3 saturated heterocycles. The summed E-state index contributed by atoms with van der Waals surface area (Å²) in [5.74, 6) is 1.62. The molecule has 3 nitrogen and oxygen atoms in total. The summed E-state index contributed by atoms with van der Waals surface area (Å²) in [6.07, 6.45) is 8.58. The first-order valence-electron chi connectivity index (χ1n) is 7.52. The normalized spacial score (nSPS) is 37.1. The third-order valence-electron chi connectivity index (χ3n) is 4.60. The molecule has 0 bridgehead atoms. The molecule has 0 aliphatic carbocycles. The molecule has 3 rings (SSSR count). The molecule has 0 radical (unpaired) electrons. The maximum Gasteiger partial charge on any atom is 0.235 e. The van der Waals surface area contributed by atoms with Gasteiger partial charge in [-0.1, -0.05) is 6.42 Å². The summed E-state index contributed by atoms with van der Waals surface area (Å²) >= 11 is 1.89. The number of nitrogens with one attached hydrogen (secondary N) is 1. The van der Waals surface area contributed by atoms with Crippen LogP contribution in [0, 0.1) is 0 Å². The van der Waals surface area contributed by atoms with Gasteiger partial charge in [-0.05, 0) is 50.8 Å². The predicted molar refractivity (Wildman–Crippen MR) is 75.9 cm³/mol. The Kier molecular flexibility index (Phi) is 4.14. The summed E-state index contributed by atoms with van der Waals surface area (Å²) in [6.45, 7) is 2.14. The number of carbonyl (C=O) groups is 1. The Bertz CT molecular complexity index is 298. The predicted octanol–water partition coefficient (Wildman–Crippen LogP) is 2.02. The quantitative estimate of drug-likeness (QED) is 0.831. The Morgan fingerprint density at radius 2 is 2.06 bits per heavy atom. The van der Waals surface area contributed by atoms with Gasteiger partial charge < -0.3 is 10.2 Å². The Morgan fingerprint density at radius 1 is 1.11 bits per heavy atom. The largest absolute Gasteiger partial charge is 0.337 e. The number of hydrogen-bond acceptors (Lipinski definition) is 3. The van der Waals surface area contributed by atoms with Gasteiger partial charge in [-0.15, -0.1) is 11.8 Å². The summed E-state index contributed by atoms with van der Waals surface area (Å²) in [4.78, 5) is 14.9. The molecule has 3 heterocycles. The minimum absolute atomic E-state index is 0.265. The van der Waals surface area contributed by atoms with Crippen LogP contribution < -0.4 is 5.32 Å². The minimum atomic E-state index is 0.265. The highest BCUT2D eigenvalue weighted by Gasteiger charge is 2.38. The number of likely N-dealkylation sites (tertiary alicyclic amines) is 1. The fourth-order valence-electron chi connectivity index (χ4n) is 3.64. The van der Waals surface area contributed by atoms with E-state index in [2.05, 4.69) is 10.2 Å². The van der Waals surface area contributed by atoms with E-state index in [1.54, 1.807) is 0 Å². The summed E-state index contributed by atoms with van der Waals surface area (Å²) in [7, 11) is 0. The molecule has 1 N–H and O–H groups in total. The van der Waals surface area contributed by atoms with Crippen LogP contribution in [0.4, 0.5) is 0 Å². The van der Waals surface area contributed by atoms with Gasteiger partial charge in [0.1, 0.15) is 0 Å². The van der Waals surface area contributed by atoms with Gasteiger partial charge in [-0.3, -0.25) is 4.79 Å². The molecule has 1 amide bonds. The highest BCUT2D eigenvalue weighted by molar-refractivity contribution is 8.00. The molecule has 3 aliphatic rings. The topological polar surface area (TPSA) is 32.3 Å². The van der Waals surface area contributed by atoms with Gasteiger partial charge in [0.2, 0.25) is 5.91 Å². The van der Waals surface area contributed by atoms with Crippen LogP contribution in [0.15, 0.2) is 0 Å². The zero-order valence-electron chi connectivity index (χ0n) is 11.1. The van der Waals surface area contributed by atoms with Crippen molar-refractivity contribution in [2.75, 3.05) is 18.8 Å². The first-order valence-corrected chi connectivity index (χ1v) is 8.56. The van der Waals surface area contributed by atoms with Crippen molar-refractivity contribution < 1.29 is 4.79 Å². The van der Waals surface area contributed by atoms with Gasteiger partial charge in [-0.25, -0.2) is 0 Å². The standard InChI is InChI=1S/C14H24N2OS/c17-14(13-7-1-2-10-18-13)16-9-4-6-12(16)11-5-3-8-15-11/h11-13,15H,1-10H2. The number of carbonyl (C=O) groups excluding carboxylic acids is 1. The van der Waals surface area contributed by atoms with Crippen LogP contribution in [0.3, 0.4) is 0 Å². The van der Waals surface area contributed by atoms with Crippen LogP contribution in [-0.4, -0.2) is 47.0 Å². The van der Waals surface area contributed by atoms with Crippen molar-refractivity contribution in [3.05, 3.63) is 0 Å². The van der Waals surface area contributed by atoms with Gasteiger partial charge in [-0.2, -0.15) is 0 Å². The molecule has 0 aromatic rings. The van der Waals surface area contributed by atoms with Crippen LogP contribution in [0.2, 0.25) is 0 Å². The van der Waals surface area contributed by atoms with Crippen molar-refractivity contribution >= 4 is 17.7 Å². The molecule has 4 heteroatoms. The van der Waals surface area contributed by atoms with Gasteiger partial charge in [0.05, 0.1) is 5.25 Å². The van der Waals surface area contributed by atoms with E-state index in [9.17, 15) is 4.79 Å². The Morgan fingerprint density at radius 3 is 2.78 bits per heavy atom. The Labute approximate surface area is 114 Å². The summed E-state index contributed by atoms with van der Waals surface area (Å²) in [5, 5.41) is 3.85. The van der Waals surface area contributed by atoms with E-state index in [0.717, 1.165) is 19.5 Å². The van der Waals surface area contributed by atoms with Crippen LogP contribution in [-0.2, 0) is 4.79 Å². The number of nitrogens with zero attached hydrogens (tertiary/aromatic N) is 1. The molecule has 0 aromatic carbocycles. The lowest BCUT2D eigenvalue weighted by molar-refractivity contribution is -0.132. The van der Waals surface area contributed by atoms with E-state index in [0.29, 0.717) is 18.0 Å². The van der Waals surface area contributed by atoms with Gasteiger partial charge in [0, 0.05) is 18.6 Å². The molecule has 0 aromatic heterocycles. The van der Waals surface area contributed by atoms with E-state index in [1.807, 2.05) is 11.8 Å². The van der Waals surface area contributed by atoms with Crippen molar-refractivity contribution in [2.24, 2.45) is 0 Å². The van der Waals surface area contributed by atoms with Crippen molar-refractivity contribution in [3.63, 3.8) is 0 Å². The highest BCUT2D eigenvalue weighted by atomic mass is 32.2. The third-order valence-corrected chi connectivity index (χ3v) is 5.96. The zero-order valence-corrected chi connectivity index (χ0v) is 11.9. The second-order valence-electron chi connectivity index (χ2n) is 5.80. The molecule has 3 fully saturated rings. The zero-order chi connectivity index (χ0) is 12.4. The highest BCUT2D eigenvalue weighted by Crippen LogP contribution is 2.31. The first-order chi connectivity index (χ1) is 8.86. The second kappa shape index (κ2) is 5.83. The Balaban J connectivity index is 1.63. The monoisotopic (exact) mass is 268 g/mol. The maximum absolute atomic E-state index is 12.6. The van der Waals surface area contributed by atoms with Gasteiger partial charge in [0.25, 0.3) is 0 Å². The molecule has 3 aliphatic heterocycles. The third kappa shape index (κ3) is 2.55. The smallest absolute Gasteiger partial charge is 0.235 e. The average Bonchev–Trinajstić information content (AvgIpc) is 3.09. The lowest BCUT2D eigenvalue weighted by Crippen LogP contribution is -2.49. The average molecular weight is 268 g/mol. The van der Waals surface area contributed by atoms with E-state index in [4.69, 9.17) is 0 Å². The molecular formula is C14H24N2OS. The summed E-state index contributed by atoms with van der Waals surface area (Å²) in [5.41, 5.74) is 0. The fourth-order valence-corrected chi connectivity index (χ4v) is 4.91. The van der Waals surface area contributed by atoms with Gasteiger partial charge >= 0.3 is 0 Å². The molecule has 3 unspecified atom stereocenters. The first kappa shape index (κ1) is 12.8. The molecular weight excluding hydrogens is 244 g/mol. The van der Waals surface area contributed by atoms with Crippen molar-refractivity contribution in [3.8, 4) is 0 Å². The summed E-state index contributed by atoms with van der Waals surface area (Å²) < 4.78 is 0. The lowest BCUT2D eigenvalue weighted by Gasteiger charge is -2.33.